The number of amides is 2. The molecule has 0 radical (unpaired) electrons. The fourth-order valence-corrected chi connectivity index (χ4v) is 6.03. The van der Waals surface area contributed by atoms with E-state index in [4.69, 9.17) is 15.0 Å². The Bertz CT molecular complexity index is 1420. The van der Waals surface area contributed by atoms with Crippen molar-refractivity contribution in [2.75, 3.05) is 42.3 Å². The third-order valence-electron chi connectivity index (χ3n) is 8.04. The Labute approximate surface area is 259 Å². The molecule has 2 aliphatic heterocycles. The minimum atomic E-state index is -4.78. The van der Waals surface area contributed by atoms with Crippen molar-refractivity contribution in [2.24, 2.45) is 5.92 Å². The van der Waals surface area contributed by atoms with Crippen LogP contribution in [0.15, 0.2) is 30.3 Å². The summed E-state index contributed by atoms with van der Waals surface area (Å²) in [4.78, 5) is 53.7. The second-order valence-corrected chi connectivity index (χ2v) is 13.0. The molecule has 1 atom stereocenters. The van der Waals surface area contributed by atoms with E-state index in [1.165, 1.54) is 6.07 Å². The summed E-state index contributed by atoms with van der Waals surface area (Å²) in [7, 11) is -4.31. The smallest absolute Gasteiger partial charge is 0.356 e. The second kappa shape index (κ2) is 15.0. The van der Waals surface area contributed by atoms with Gasteiger partial charge in [-0.2, -0.15) is 18.4 Å². The maximum absolute atomic E-state index is 13.9. The molecule has 2 saturated heterocycles. The number of anilines is 2. The molecule has 0 aliphatic carbocycles. The number of carbonyl (C=O) groups is 2. The Kier molecular flexibility index (Phi) is 11.4. The van der Waals surface area contributed by atoms with Crippen molar-refractivity contribution in [1.29, 1.82) is 5.26 Å². The zero-order valence-electron chi connectivity index (χ0n) is 24.7. The number of aromatic nitrogens is 2. The van der Waals surface area contributed by atoms with Gasteiger partial charge in [0.05, 0.1) is 11.6 Å². The maximum Gasteiger partial charge on any atom is 0.451 e. The minimum absolute atomic E-state index is 0.0560. The molecule has 2 aromatic rings. The summed E-state index contributed by atoms with van der Waals surface area (Å²) >= 11 is 0. The van der Waals surface area contributed by atoms with Crippen LogP contribution in [0.3, 0.4) is 0 Å². The number of nitrogens with one attached hydrogen (secondary N) is 2. The third-order valence-corrected chi connectivity index (χ3v) is 8.61. The molecule has 12 nitrogen and oxygen atoms in total. The van der Waals surface area contributed by atoms with Gasteiger partial charge < -0.3 is 30.2 Å². The molecule has 2 aliphatic rings. The van der Waals surface area contributed by atoms with Crippen molar-refractivity contribution in [2.45, 2.75) is 63.6 Å². The molecule has 1 aromatic heterocycles. The first-order valence-electron chi connectivity index (χ1n) is 14.9. The van der Waals surface area contributed by atoms with E-state index in [2.05, 4.69) is 26.7 Å². The lowest BCUT2D eigenvalue weighted by Gasteiger charge is -2.34. The van der Waals surface area contributed by atoms with Crippen LogP contribution in [-0.4, -0.2) is 70.1 Å². The van der Waals surface area contributed by atoms with Gasteiger partial charge in [-0.1, -0.05) is 12.1 Å². The standard InChI is InChI=1S/C29H37F3N7O5P/c30-29(31,32)28-36-24(38-15-11-20(12-16-38)3-1-5-26(40)35-19-45(42,43)44)17-25(37-28)39-14-2-4-23(39)27(41)34-13-10-21-6-8-22(18-33)9-7-21/h6-9,17,20,23H,1-5,10-16,19H2,(H,34,41)(H,35,40)(H2,42,43,44)/t23-/m0/s1. The van der Waals surface area contributed by atoms with Crippen molar-refractivity contribution >= 4 is 31.0 Å². The van der Waals surface area contributed by atoms with E-state index in [1.54, 1.807) is 21.9 Å². The van der Waals surface area contributed by atoms with Gasteiger partial charge in [-0.15, -0.1) is 0 Å². The van der Waals surface area contributed by atoms with Gasteiger partial charge in [-0.05, 0) is 68.6 Å². The number of nitriles is 1. The normalized spacial score (nSPS) is 17.6. The summed E-state index contributed by atoms with van der Waals surface area (Å²) < 4.78 is 52.6. The molecule has 2 fully saturated rings. The van der Waals surface area contributed by atoms with E-state index in [-0.39, 0.29) is 29.9 Å². The molecular weight excluding hydrogens is 614 g/mol. The van der Waals surface area contributed by atoms with E-state index in [0.29, 0.717) is 76.7 Å². The first kappa shape index (κ1) is 34.1. The topological polar surface area (TPSA) is 172 Å². The fraction of sp³-hybridized carbons (Fsp3) is 0.552. The Morgan fingerprint density at radius 3 is 2.38 bits per heavy atom. The van der Waals surface area contributed by atoms with Crippen LogP contribution in [0.1, 0.15) is 61.9 Å². The fourth-order valence-electron chi connectivity index (χ4n) is 5.65. The van der Waals surface area contributed by atoms with Crippen molar-refractivity contribution in [3.63, 3.8) is 0 Å². The highest BCUT2D eigenvalue weighted by atomic mass is 31.2. The van der Waals surface area contributed by atoms with E-state index >= 15 is 0 Å². The van der Waals surface area contributed by atoms with Gasteiger partial charge in [0.1, 0.15) is 24.0 Å². The van der Waals surface area contributed by atoms with Gasteiger partial charge in [-0.25, -0.2) is 9.97 Å². The predicted octanol–water partition coefficient (Wildman–Crippen LogP) is 3.33. The summed E-state index contributed by atoms with van der Waals surface area (Å²) in [6.45, 7) is 1.64. The number of carbonyl (C=O) groups excluding carboxylic acids is 2. The molecule has 0 saturated carbocycles. The zero-order chi connectivity index (χ0) is 32.6. The number of piperidine rings is 1. The number of hydrogen-bond acceptors (Lipinski definition) is 8. The second-order valence-electron chi connectivity index (χ2n) is 11.4. The van der Waals surface area contributed by atoms with Crippen LogP contribution in [-0.2, 0) is 26.8 Å². The van der Waals surface area contributed by atoms with Gasteiger partial charge in [0.2, 0.25) is 17.6 Å². The lowest BCUT2D eigenvalue weighted by molar-refractivity contribution is -0.144. The first-order valence-corrected chi connectivity index (χ1v) is 16.7. The number of hydrogen-bond donors (Lipinski definition) is 4. The number of nitrogens with zero attached hydrogens (tertiary/aromatic N) is 5. The molecule has 0 bridgehead atoms. The van der Waals surface area contributed by atoms with Gasteiger partial charge in [0.25, 0.3) is 0 Å². The number of alkyl halides is 3. The molecule has 16 heteroatoms. The molecule has 0 unspecified atom stereocenters. The van der Waals surface area contributed by atoms with Crippen molar-refractivity contribution < 1.29 is 37.1 Å². The van der Waals surface area contributed by atoms with Crippen LogP contribution >= 0.6 is 7.60 Å². The number of rotatable bonds is 12. The van der Waals surface area contributed by atoms with Crippen LogP contribution in [0.25, 0.3) is 0 Å². The Morgan fingerprint density at radius 2 is 1.73 bits per heavy atom. The summed E-state index contributed by atoms with van der Waals surface area (Å²) in [6.07, 6.45) is -1.12. The Morgan fingerprint density at radius 1 is 1.04 bits per heavy atom. The molecule has 3 heterocycles. The highest BCUT2D eigenvalue weighted by Crippen LogP contribution is 2.35. The van der Waals surface area contributed by atoms with Crippen molar-refractivity contribution in [1.82, 2.24) is 20.6 Å². The average Bonchev–Trinajstić information content (AvgIpc) is 3.50. The van der Waals surface area contributed by atoms with Gasteiger partial charge in [-0.3, -0.25) is 14.2 Å². The van der Waals surface area contributed by atoms with Crippen molar-refractivity contribution in [3.05, 3.63) is 47.3 Å². The highest BCUT2D eigenvalue weighted by Gasteiger charge is 2.39. The van der Waals surface area contributed by atoms with Crippen molar-refractivity contribution in [3.8, 4) is 6.07 Å². The van der Waals surface area contributed by atoms with Gasteiger partial charge in [0, 0.05) is 38.7 Å². The number of halogens is 3. The first-order chi connectivity index (χ1) is 21.3. The average molecular weight is 652 g/mol. The van der Waals surface area contributed by atoms with Gasteiger partial charge >= 0.3 is 13.8 Å². The van der Waals surface area contributed by atoms with E-state index in [1.807, 2.05) is 12.1 Å². The van der Waals surface area contributed by atoms with E-state index in [0.717, 1.165) is 5.56 Å². The molecule has 45 heavy (non-hydrogen) atoms. The SMILES string of the molecule is N#Cc1ccc(CCNC(=O)[C@@H]2CCCN2c2cc(N3CCC(CCCC(=O)NCP(=O)(O)O)CC3)nc(C(F)(F)F)n2)cc1. The summed E-state index contributed by atoms with van der Waals surface area (Å²) in [5.74, 6) is -1.54. The van der Waals surface area contributed by atoms with Crippen LogP contribution in [0.2, 0.25) is 0 Å². The molecule has 2 amide bonds. The summed E-state index contributed by atoms with van der Waals surface area (Å²) in [5, 5.41) is 14.0. The van der Waals surface area contributed by atoms with Crippen LogP contribution in [0.5, 0.6) is 0 Å². The third kappa shape index (κ3) is 10.1. The minimum Gasteiger partial charge on any atom is -0.356 e. The lowest BCUT2D eigenvalue weighted by Crippen LogP contribution is -2.44. The van der Waals surface area contributed by atoms with Crippen LogP contribution < -0.4 is 20.4 Å². The Hall–Kier alpha value is -3.73. The number of benzene rings is 1. The summed E-state index contributed by atoms with van der Waals surface area (Å²) in [5.41, 5.74) is 1.48. The highest BCUT2D eigenvalue weighted by molar-refractivity contribution is 7.51. The largest absolute Gasteiger partial charge is 0.451 e. The molecule has 1 aromatic carbocycles. The van der Waals surface area contributed by atoms with Gasteiger partial charge in [0.15, 0.2) is 0 Å². The predicted molar refractivity (Wildman–Crippen MR) is 159 cm³/mol. The zero-order valence-corrected chi connectivity index (χ0v) is 25.6. The quantitative estimate of drug-likeness (QED) is 0.250. The molecule has 4 rings (SSSR count). The van der Waals surface area contributed by atoms with E-state index in [9.17, 15) is 27.3 Å². The summed E-state index contributed by atoms with van der Waals surface area (Å²) in [6, 6.07) is 9.93. The Balaban J connectivity index is 1.35. The maximum atomic E-state index is 13.9. The van der Waals surface area contributed by atoms with Crippen LogP contribution in [0.4, 0.5) is 24.8 Å². The van der Waals surface area contributed by atoms with E-state index < -0.39 is 37.8 Å². The van der Waals surface area contributed by atoms with Crippen LogP contribution in [0, 0.1) is 17.2 Å². The molecule has 4 N–H and O–H groups in total. The molecule has 0 spiro atoms. The monoisotopic (exact) mass is 651 g/mol. The molecular formula is C29H37F3N7O5P. The lowest BCUT2D eigenvalue weighted by atomic mass is 9.91. The molecule has 244 valence electrons.